The molecule has 0 saturated carbocycles. The van der Waals surface area contributed by atoms with Crippen LogP contribution < -0.4 is 5.32 Å². The van der Waals surface area contributed by atoms with Crippen LogP contribution in [0, 0.1) is 0 Å². The molecule has 1 aromatic heterocycles. The SMILES string of the molecule is O=C(c1ccc(NC2CCS(=O)(=O)C2)nn1)N1CCOCC1. The molecule has 0 aromatic carbocycles. The van der Waals surface area contributed by atoms with Gasteiger partial charge in [-0.1, -0.05) is 0 Å². The number of nitrogens with one attached hydrogen (secondary N) is 1. The third-order valence-electron chi connectivity index (χ3n) is 3.77. The van der Waals surface area contributed by atoms with Crippen molar-refractivity contribution in [2.75, 3.05) is 43.1 Å². The number of carbonyl (C=O) groups excluding carboxylic acids is 1. The van der Waals surface area contributed by atoms with Crippen molar-refractivity contribution in [3.05, 3.63) is 17.8 Å². The molecule has 2 fully saturated rings. The van der Waals surface area contributed by atoms with Crippen LogP contribution in [0.1, 0.15) is 16.9 Å². The molecular weight excluding hydrogens is 308 g/mol. The van der Waals surface area contributed by atoms with Crippen molar-refractivity contribution in [2.45, 2.75) is 12.5 Å². The van der Waals surface area contributed by atoms with E-state index in [-0.39, 0.29) is 29.1 Å². The maximum atomic E-state index is 12.2. The number of hydrogen-bond donors (Lipinski definition) is 1. The zero-order valence-electron chi connectivity index (χ0n) is 12.1. The Morgan fingerprint density at radius 3 is 2.64 bits per heavy atom. The van der Waals surface area contributed by atoms with E-state index in [1.54, 1.807) is 17.0 Å². The highest BCUT2D eigenvalue weighted by Crippen LogP contribution is 2.16. The van der Waals surface area contributed by atoms with Gasteiger partial charge in [-0.25, -0.2) is 8.42 Å². The predicted molar refractivity (Wildman–Crippen MR) is 79.4 cm³/mol. The second-order valence-corrected chi connectivity index (χ2v) is 7.68. The first-order valence-electron chi connectivity index (χ1n) is 7.21. The van der Waals surface area contributed by atoms with Crippen molar-refractivity contribution in [3.63, 3.8) is 0 Å². The molecule has 8 nitrogen and oxygen atoms in total. The lowest BCUT2D eigenvalue weighted by molar-refractivity contribution is 0.0298. The molecule has 120 valence electrons. The van der Waals surface area contributed by atoms with E-state index < -0.39 is 9.84 Å². The number of rotatable bonds is 3. The van der Waals surface area contributed by atoms with Gasteiger partial charge in [0, 0.05) is 19.1 Å². The van der Waals surface area contributed by atoms with E-state index in [2.05, 4.69) is 15.5 Å². The van der Waals surface area contributed by atoms with Crippen LogP contribution in [0.4, 0.5) is 5.82 Å². The summed E-state index contributed by atoms with van der Waals surface area (Å²) in [6.45, 7) is 2.19. The van der Waals surface area contributed by atoms with Crippen LogP contribution in [0.15, 0.2) is 12.1 Å². The zero-order chi connectivity index (χ0) is 15.6. The van der Waals surface area contributed by atoms with E-state index in [9.17, 15) is 13.2 Å². The van der Waals surface area contributed by atoms with Gasteiger partial charge in [-0.2, -0.15) is 0 Å². The van der Waals surface area contributed by atoms with Crippen LogP contribution in [0.3, 0.4) is 0 Å². The molecule has 1 N–H and O–H groups in total. The quantitative estimate of drug-likeness (QED) is 0.802. The van der Waals surface area contributed by atoms with Crippen molar-refractivity contribution in [3.8, 4) is 0 Å². The molecule has 1 atom stereocenters. The van der Waals surface area contributed by atoms with E-state index in [0.29, 0.717) is 38.5 Å². The van der Waals surface area contributed by atoms with Crippen molar-refractivity contribution in [1.29, 1.82) is 0 Å². The van der Waals surface area contributed by atoms with Crippen molar-refractivity contribution in [1.82, 2.24) is 15.1 Å². The minimum atomic E-state index is -2.93. The molecule has 0 bridgehead atoms. The average Bonchev–Trinajstić information content (AvgIpc) is 2.87. The van der Waals surface area contributed by atoms with Crippen LogP contribution in [-0.4, -0.2) is 73.3 Å². The minimum Gasteiger partial charge on any atom is -0.378 e. The Bertz CT molecular complexity index is 641. The monoisotopic (exact) mass is 326 g/mol. The molecule has 1 aromatic rings. The lowest BCUT2D eigenvalue weighted by Crippen LogP contribution is -2.41. The van der Waals surface area contributed by atoms with Crippen LogP contribution in [0.2, 0.25) is 0 Å². The number of carbonyl (C=O) groups is 1. The molecule has 0 aliphatic carbocycles. The summed E-state index contributed by atoms with van der Waals surface area (Å²) in [5, 5.41) is 11.0. The maximum Gasteiger partial charge on any atom is 0.274 e. The summed E-state index contributed by atoms with van der Waals surface area (Å²) in [6.07, 6.45) is 0.568. The molecular formula is C13H18N4O4S. The highest BCUT2D eigenvalue weighted by Gasteiger charge is 2.28. The summed E-state index contributed by atoms with van der Waals surface area (Å²) in [4.78, 5) is 13.9. The number of anilines is 1. The Labute approximate surface area is 128 Å². The molecule has 9 heteroatoms. The van der Waals surface area contributed by atoms with Gasteiger partial charge >= 0.3 is 0 Å². The minimum absolute atomic E-state index is 0.114. The molecule has 2 aliphatic rings. The molecule has 0 radical (unpaired) electrons. The van der Waals surface area contributed by atoms with Gasteiger partial charge in [0.25, 0.3) is 5.91 Å². The first-order valence-corrected chi connectivity index (χ1v) is 9.03. The Morgan fingerprint density at radius 2 is 2.05 bits per heavy atom. The number of morpholine rings is 1. The second kappa shape index (κ2) is 6.17. The highest BCUT2D eigenvalue weighted by molar-refractivity contribution is 7.91. The van der Waals surface area contributed by atoms with Crippen LogP contribution in [-0.2, 0) is 14.6 Å². The molecule has 2 saturated heterocycles. The van der Waals surface area contributed by atoms with Gasteiger partial charge in [-0.15, -0.1) is 10.2 Å². The zero-order valence-corrected chi connectivity index (χ0v) is 12.9. The summed E-state index contributed by atoms with van der Waals surface area (Å²) < 4.78 is 28.0. The largest absolute Gasteiger partial charge is 0.378 e. The predicted octanol–water partition coefficient (Wildman–Crippen LogP) is -0.452. The summed E-state index contributed by atoms with van der Waals surface area (Å²) in [5.74, 6) is 0.640. The fraction of sp³-hybridized carbons (Fsp3) is 0.615. The maximum absolute atomic E-state index is 12.2. The lowest BCUT2D eigenvalue weighted by atomic mass is 10.2. The topological polar surface area (TPSA) is 101 Å². The van der Waals surface area contributed by atoms with Gasteiger partial charge in [0.15, 0.2) is 15.5 Å². The molecule has 1 amide bonds. The summed E-state index contributed by atoms with van der Waals surface area (Å²) >= 11 is 0. The van der Waals surface area contributed by atoms with E-state index >= 15 is 0 Å². The molecule has 3 heterocycles. The van der Waals surface area contributed by atoms with Gasteiger partial charge in [0.05, 0.1) is 24.7 Å². The Morgan fingerprint density at radius 1 is 1.27 bits per heavy atom. The normalized spacial score (nSPS) is 24.2. The van der Waals surface area contributed by atoms with E-state index in [1.165, 1.54) is 0 Å². The summed E-state index contributed by atoms with van der Waals surface area (Å²) in [7, 11) is -2.93. The summed E-state index contributed by atoms with van der Waals surface area (Å²) in [5.41, 5.74) is 0.284. The molecule has 22 heavy (non-hydrogen) atoms. The third-order valence-corrected chi connectivity index (χ3v) is 5.53. The van der Waals surface area contributed by atoms with E-state index in [0.717, 1.165) is 0 Å². The molecule has 2 aliphatic heterocycles. The Hall–Kier alpha value is -1.74. The van der Waals surface area contributed by atoms with Gasteiger partial charge in [0.1, 0.15) is 5.82 Å². The standard InChI is InChI=1S/C13H18N4O4S/c18-13(17-4-6-21-7-5-17)11-1-2-12(16-15-11)14-10-3-8-22(19,20)9-10/h1-2,10H,3-9H2,(H,14,16). The van der Waals surface area contributed by atoms with Crippen LogP contribution in [0.5, 0.6) is 0 Å². The number of nitrogens with zero attached hydrogens (tertiary/aromatic N) is 3. The van der Waals surface area contributed by atoms with E-state index in [1.807, 2.05) is 0 Å². The van der Waals surface area contributed by atoms with Crippen molar-refractivity contribution >= 4 is 21.6 Å². The number of hydrogen-bond acceptors (Lipinski definition) is 7. The van der Waals surface area contributed by atoms with Gasteiger partial charge in [-0.05, 0) is 18.6 Å². The smallest absolute Gasteiger partial charge is 0.274 e. The van der Waals surface area contributed by atoms with E-state index in [4.69, 9.17) is 4.74 Å². The first-order chi connectivity index (χ1) is 10.5. The van der Waals surface area contributed by atoms with Gasteiger partial charge in [-0.3, -0.25) is 4.79 Å². The number of ether oxygens (including phenoxy) is 1. The fourth-order valence-corrected chi connectivity index (χ4v) is 4.24. The van der Waals surface area contributed by atoms with Crippen LogP contribution >= 0.6 is 0 Å². The molecule has 0 spiro atoms. The lowest BCUT2D eigenvalue weighted by Gasteiger charge is -2.26. The third kappa shape index (κ3) is 3.53. The van der Waals surface area contributed by atoms with Gasteiger partial charge < -0.3 is 15.0 Å². The van der Waals surface area contributed by atoms with Crippen molar-refractivity contribution < 1.29 is 17.9 Å². The number of aromatic nitrogens is 2. The van der Waals surface area contributed by atoms with Crippen molar-refractivity contribution in [2.24, 2.45) is 0 Å². The fourth-order valence-electron chi connectivity index (χ4n) is 2.57. The molecule has 3 rings (SSSR count). The van der Waals surface area contributed by atoms with Gasteiger partial charge in [0.2, 0.25) is 0 Å². The molecule has 1 unspecified atom stereocenters. The number of sulfone groups is 1. The Balaban J connectivity index is 1.61. The Kier molecular flexibility index (Phi) is 4.25. The first kappa shape index (κ1) is 15.2. The average molecular weight is 326 g/mol. The second-order valence-electron chi connectivity index (χ2n) is 5.45. The van der Waals surface area contributed by atoms with Crippen LogP contribution in [0.25, 0.3) is 0 Å². The highest BCUT2D eigenvalue weighted by atomic mass is 32.2. The number of amides is 1. The summed E-state index contributed by atoms with van der Waals surface area (Å²) in [6, 6.07) is 3.13.